The second-order valence-electron chi connectivity index (χ2n) is 13.1. The van der Waals surface area contributed by atoms with Crippen LogP contribution in [0.25, 0.3) is 22.0 Å². The molecular formula is C38H47N5O5. The van der Waals surface area contributed by atoms with E-state index in [1.54, 1.807) is 12.1 Å². The van der Waals surface area contributed by atoms with Gasteiger partial charge in [-0.05, 0) is 100 Å². The highest BCUT2D eigenvalue weighted by Crippen LogP contribution is 2.30. The van der Waals surface area contributed by atoms with E-state index in [9.17, 15) is 19.8 Å². The van der Waals surface area contributed by atoms with Crippen LogP contribution >= 0.6 is 0 Å². The summed E-state index contributed by atoms with van der Waals surface area (Å²) >= 11 is 0. The number of phenols is 1. The van der Waals surface area contributed by atoms with E-state index in [2.05, 4.69) is 25.4 Å². The van der Waals surface area contributed by atoms with Crippen molar-refractivity contribution in [2.45, 2.75) is 44.3 Å². The van der Waals surface area contributed by atoms with Gasteiger partial charge in [-0.15, -0.1) is 0 Å². The number of nitrogens with zero attached hydrogens (tertiary/aromatic N) is 2. The third-order valence-electron chi connectivity index (χ3n) is 9.75. The van der Waals surface area contributed by atoms with Gasteiger partial charge in [-0.1, -0.05) is 54.6 Å². The number of hydrogen-bond acceptors (Lipinski definition) is 8. The fourth-order valence-electron chi connectivity index (χ4n) is 7.02. The van der Waals surface area contributed by atoms with Crippen molar-refractivity contribution in [3.63, 3.8) is 0 Å². The van der Waals surface area contributed by atoms with Gasteiger partial charge in [0.25, 0.3) is 0 Å². The third kappa shape index (κ3) is 8.82. The van der Waals surface area contributed by atoms with E-state index in [1.165, 1.54) is 12.1 Å². The summed E-state index contributed by atoms with van der Waals surface area (Å²) in [6, 6.07) is 24.1. The molecule has 48 heavy (non-hydrogen) atoms. The Morgan fingerprint density at radius 2 is 1.56 bits per heavy atom. The lowest BCUT2D eigenvalue weighted by molar-refractivity contribution is 0.0572. The van der Waals surface area contributed by atoms with Crippen LogP contribution in [-0.2, 0) is 4.74 Å². The number of pyridine rings is 1. The van der Waals surface area contributed by atoms with Crippen LogP contribution in [0.5, 0.6) is 5.75 Å². The monoisotopic (exact) mass is 653 g/mol. The zero-order valence-electron chi connectivity index (χ0n) is 27.4. The van der Waals surface area contributed by atoms with Crippen molar-refractivity contribution in [2.75, 3.05) is 57.7 Å². The number of aromatic nitrogens is 1. The standard InChI is InChI=1S/C38H47N5O5/c44-34-13-11-31(32-12-14-36(46)41-37(32)34)35(45)26-39-25-27-15-21-42(22-16-27)19-6-20-43-23-17-29(18-24-43)48-38(47)40-33-10-5-4-9-30(33)28-7-2-1-3-8-28/h1-5,7-14,27,29,35,39,44-45H,6,15-26H2,(H,40,47)(H,41,46). The summed E-state index contributed by atoms with van der Waals surface area (Å²) in [6.45, 7) is 7.47. The summed E-state index contributed by atoms with van der Waals surface area (Å²) in [5.74, 6) is 0.570. The molecule has 2 aliphatic heterocycles. The Morgan fingerprint density at radius 3 is 2.31 bits per heavy atom. The zero-order chi connectivity index (χ0) is 33.3. The second kappa shape index (κ2) is 16.3. The molecule has 0 aliphatic carbocycles. The average molecular weight is 654 g/mol. The van der Waals surface area contributed by atoms with E-state index in [0.29, 0.717) is 28.9 Å². The number of rotatable bonds is 12. The summed E-state index contributed by atoms with van der Waals surface area (Å²) < 4.78 is 5.81. The van der Waals surface area contributed by atoms with Crippen LogP contribution < -0.4 is 16.2 Å². The van der Waals surface area contributed by atoms with E-state index < -0.39 is 12.2 Å². The summed E-state index contributed by atoms with van der Waals surface area (Å²) in [5.41, 5.74) is 3.53. The molecule has 2 fully saturated rings. The van der Waals surface area contributed by atoms with E-state index >= 15 is 0 Å². The van der Waals surface area contributed by atoms with E-state index in [0.717, 1.165) is 94.7 Å². The van der Waals surface area contributed by atoms with Crippen LogP contribution in [0.15, 0.2) is 83.7 Å². The Hall–Kier alpha value is -4.22. The van der Waals surface area contributed by atoms with Crippen LogP contribution in [0, 0.1) is 5.92 Å². The maximum Gasteiger partial charge on any atom is 0.411 e. The Balaban J connectivity index is 0.841. The van der Waals surface area contributed by atoms with E-state index in [4.69, 9.17) is 4.74 Å². The Bertz CT molecular complexity index is 1700. The number of carbonyl (C=O) groups excluding carboxylic acids is 1. The number of aliphatic hydroxyl groups is 1. The van der Waals surface area contributed by atoms with Gasteiger partial charge in [0.2, 0.25) is 5.56 Å². The molecule has 0 radical (unpaired) electrons. The number of nitrogens with one attached hydrogen (secondary N) is 3. The highest BCUT2D eigenvalue weighted by Gasteiger charge is 2.24. The molecule has 6 rings (SSSR count). The van der Waals surface area contributed by atoms with Crippen LogP contribution in [0.2, 0.25) is 0 Å². The average Bonchev–Trinajstić information content (AvgIpc) is 3.10. The number of aromatic hydroxyl groups is 1. The first-order valence-corrected chi connectivity index (χ1v) is 17.2. The van der Waals surface area contributed by atoms with Gasteiger partial charge >= 0.3 is 6.09 Å². The fraction of sp³-hybridized carbons (Fsp3) is 0.421. The Labute approximate surface area is 281 Å². The molecule has 2 saturated heterocycles. The van der Waals surface area contributed by atoms with Crippen molar-refractivity contribution >= 4 is 22.7 Å². The number of anilines is 1. The molecule has 0 bridgehead atoms. The summed E-state index contributed by atoms with van der Waals surface area (Å²) in [4.78, 5) is 32.1. The normalized spacial score (nSPS) is 17.4. The molecular weight excluding hydrogens is 606 g/mol. The predicted octanol–water partition coefficient (Wildman–Crippen LogP) is 5.34. The minimum Gasteiger partial charge on any atom is -0.506 e. The Morgan fingerprint density at radius 1 is 0.875 bits per heavy atom. The number of fused-ring (bicyclic) bond motifs is 1. The molecule has 4 aromatic rings. The van der Waals surface area contributed by atoms with Gasteiger partial charge < -0.3 is 35.1 Å². The highest BCUT2D eigenvalue weighted by molar-refractivity contribution is 5.91. The molecule has 0 saturated carbocycles. The van der Waals surface area contributed by atoms with Crippen molar-refractivity contribution in [2.24, 2.45) is 5.92 Å². The summed E-state index contributed by atoms with van der Waals surface area (Å²) in [5, 5.41) is 28.0. The van der Waals surface area contributed by atoms with Crippen LogP contribution in [0.1, 0.15) is 43.8 Å². The lowest BCUT2D eigenvalue weighted by Crippen LogP contribution is -2.41. The van der Waals surface area contributed by atoms with Crippen LogP contribution in [0.3, 0.4) is 0 Å². The van der Waals surface area contributed by atoms with Crippen LogP contribution in [-0.4, -0.2) is 89.6 Å². The number of aromatic amines is 1. The highest BCUT2D eigenvalue weighted by atomic mass is 16.6. The van der Waals surface area contributed by atoms with Crippen LogP contribution in [0.4, 0.5) is 10.5 Å². The topological polar surface area (TPSA) is 130 Å². The van der Waals surface area contributed by atoms with Crippen molar-refractivity contribution < 1.29 is 19.7 Å². The fourth-order valence-corrected chi connectivity index (χ4v) is 7.02. The molecule has 1 unspecified atom stereocenters. The van der Waals surface area contributed by atoms with E-state index in [-0.39, 0.29) is 17.4 Å². The number of piperidine rings is 2. The summed E-state index contributed by atoms with van der Waals surface area (Å²) in [6.07, 6.45) is 3.90. The van der Waals surface area contributed by atoms with Crippen molar-refractivity contribution in [3.8, 4) is 16.9 Å². The predicted molar refractivity (Wildman–Crippen MR) is 189 cm³/mol. The lowest BCUT2D eigenvalue weighted by Gasteiger charge is -2.34. The van der Waals surface area contributed by atoms with Gasteiger partial charge in [0.1, 0.15) is 11.9 Å². The van der Waals surface area contributed by atoms with Crippen molar-refractivity contribution in [3.05, 3.63) is 94.8 Å². The van der Waals surface area contributed by atoms with E-state index in [1.807, 2.05) is 54.6 Å². The number of hydrogen-bond donors (Lipinski definition) is 5. The van der Waals surface area contributed by atoms with Gasteiger partial charge in [-0.25, -0.2) is 4.79 Å². The lowest BCUT2D eigenvalue weighted by atomic mass is 9.96. The molecule has 10 nitrogen and oxygen atoms in total. The number of aliphatic hydroxyl groups excluding tert-OH is 1. The number of phenolic OH excluding ortho intramolecular Hbond substituents is 1. The maximum absolute atomic E-state index is 12.7. The van der Waals surface area contributed by atoms with Gasteiger partial charge in [0.15, 0.2) is 0 Å². The second-order valence-corrected chi connectivity index (χ2v) is 13.1. The molecule has 1 atom stereocenters. The first-order valence-electron chi connectivity index (χ1n) is 17.2. The minimum absolute atomic E-state index is 0.00346. The molecule has 5 N–H and O–H groups in total. The van der Waals surface area contributed by atoms with Gasteiger partial charge in [0.05, 0.1) is 17.3 Å². The molecule has 3 aromatic carbocycles. The third-order valence-corrected chi connectivity index (χ3v) is 9.75. The molecule has 3 heterocycles. The maximum atomic E-state index is 12.7. The largest absolute Gasteiger partial charge is 0.506 e. The number of amides is 1. The first kappa shape index (κ1) is 33.7. The number of carbonyl (C=O) groups is 1. The SMILES string of the molecule is O=C(Nc1ccccc1-c1ccccc1)OC1CCN(CCCN2CCC(CNCC(O)c3ccc(O)c4[nH]c(=O)ccc34)CC2)CC1. The van der Waals surface area contributed by atoms with Gasteiger partial charge in [-0.2, -0.15) is 0 Å². The smallest absolute Gasteiger partial charge is 0.411 e. The van der Waals surface area contributed by atoms with Gasteiger partial charge in [0, 0.05) is 36.7 Å². The number of ether oxygens (including phenoxy) is 1. The van der Waals surface area contributed by atoms with Crippen molar-refractivity contribution in [1.82, 2.24) is 20.1 Å². The van der Waals surface area contributed by atoms with Gasteiger partial charge in [-0.3, -0.25) is 10.1 Å². The minimum atomic E-state index is -0.740. The zero-order valence-corrected chi connectivity index (χ0v) is 27.4. The number of H-pyrrole nitrogens is 1. The molecule has 1 aromatic heterocycles. The summed E-state index contributed by atoms with van der Waals surface area (Å²) in [7, 11) is 0. The van der Waals surface area contributed by atoms with Crippen molar-refractivity contribution in [1.29, 1.82) is 0 Å². The molecule has 2 aliphatic rings. The number of benzene rings is 3. The molecule has 254 valence electrons. The first-order chi connectivity index (χ1) is 23.4. The molecule has 1 amide bonds. The molecule has 10 heteroatoms. The number of likely N-dealkylation sites (tertiary alicyclic amines) is 2. The molecule has 0 spiro atoms. The quantitative estimate of drug-likeness (QED) is 0.139. The Kier molecular flexibility index (Phi) is 11.4. The number of para-hydroxylation sites is 1.